The summed E-state index contributed by atoms with van der Waals surface area (Å²) in [4.78, 5) is 2.48. The number of fused-ring (bicyclic) bond motifs is 4. The number of hydrogen-bond acceptors (Lipinski definition) is 2. The van der Waals surface area contributed by atoms with E-state index in [0.717, 1.165) is 17.7 Å². The second kappa shape index (κ2) is 6.96. The van der Waals surface area contributed by atoms with Crippen LogP contribution in [0, 0.1) is 0 Å². The summed E-state index contributed by atoms with van der Waals surface area (Å²) in [6.45, 7) is 0.938. The first-order valence-corrected chi connectivity index (χ1v) is 10.4. The number of furan rings is 1. The van der Waals surface area contributed by atoms with Crippen LogP contribution in [0.2, 0.25) is 0 Å². The molecule has 0 radical (unpaired) electrons. The standard InChI is InChI=1S/C27H20BNO/c1-2-9-20(10-3-1)19-29-25-15-6-4-11-21(25)17-18-28(29)24-14-8-13-23-22-12-5-7-16-26(22)30-27(23)24/h1-18H,19H2. The average Bonchev–Trinajstić information content (AvgIpc) is 3.19. The molecule has 0 saturated carbocycles. The molecule has 2 heterocycles. The van der Waals surface area contributed by atoms with E-state index in [1.54, 1.807) is 0 Å². The zero-order valence-electron chi connectivity index (χ0n) is 16.5. The Morgan fingerprint density at radius 1 is 0.700 bits per heavy atom. The van der Waals surface area contributed by atoms with Crippen LogP contribution in [0.1, 0.15) is 11.1 Å². The van der Waals surface area contributed by atoms with Crippen molar-refractivity contribution in [3.63, 3.8) is 0 Å². The van der Waals surface area contributed by atoms with E-state index in [2.05, 4.69) is 102 Å². The molecule has 0 N–H and O–H groups in total. The number of nitrogens with zero attached hydrogens (tertiary/aromatic N) is 1. The molecule has 0 bridgehead atoms. The average molecular weight is 385 g/mol. The van der Waals surface area contributed by atoms with Gasteiger partial charge in [-0.25, -0.2) is 0 Å². The number of anilines is 1. The Morgan fingerprint density at radius 2 is 1.47 bits per heavy atom. The van der Waals surface area contributed by atoms with E-state index in [4.69, 9.17) is 4.42 Å². The van der Waals surface area contributed by atoms with Crippen LogP contribution in [0.3, 0.4) is 0 Å². The molecule has 3 heteroatoms. The van der Waals surface area contributed by atoms with E-state index in [1.165, 1.54) is 33.0 Å². The van der Waals surface area contributed by atoms with Crippen molar-refractivity contribution in [3.05, 3.63) is 114 Å². The molecular weight excluding hydrogens is 365 g/mol. The van der Waals surface area contributed by atoms with Gasteiger partial charge in [-0.1, -0.05) is 97.0 Å². The molecule has 0 amide bonds. The van der Waals surface area contributed by atoms with Gasteiger partial charge < -0.3 is 9.23 Å². The fourth-order valence-electron chi connectivity index (χ4n) is 4.58. The van der Waals surface area contributed by atoms with Crippen LogP contribution in [0.25, 0.3) is 28.0 Å². The fourth-order valence-corrected chi connectivity index (χ4v) is 4.58. The molecule has 0 spiro atoms. The summed E-state index contributed by atoms with van der Waals surface area (Å²) in [5, 5.41) is 2.35. The van der Waals surface area contributed by atoms with Crippen molar-refractivity contribution in [1.29, 1.82) is 0 Å². The van der Waals surface area contributed by atoms with E-state index in [0.29, 0.717) is 0 Å². The van der Waals surface area contributed by atoms with Crippen LogP contribution in [-0.2, 0) is 6.54 Å². The second-order valence-corrected chi connectivity index (χ2v) is 7.80. The first-order chi connectivity index (χ1) is 14.9. The molecule has 1 aliphatic rings. The van der Waals surface area contributed by atoms with E-state index in [-0.39, 0.29) is 6.85 Å². The summed E-state index contributed by atoms with van der Waals surface area (Å²) in [6, 6.07) is 34.1. The fraction of sp³-hybridized carbons (Fsp3) is 0.0370. The van der Waals surface area contributed by atoms with Crippen LogP contribution in [0.5, 0.6) is 0 Å². The number of rotatable bonds is 3. The van der Waals surface area contributed by atoms with Crippen molar-refractivity contribution in [2.75, 3.05) is 4.81 Å². The molecule has 4 aromatic carbocycles. The minimum atomic E-state index is 0.101. The highest BCUT2D eigenvalue weighted by atomic mass is 16.3. The van der Waals surface area contributed by atoms with Crippen molar-refractivity contribution in [3.8, 4) is 0 Å². The smallest absolute Gasteiger partial charge is 0.320 e. The number of benzene rings is 4. The van der Waals surface area contributed by atoms with Gasteiger partial charge in [-0.15, -0.1) is 0 Å². The van der Waals surface area contributed by atoms with Crippen LogP contribution in [-0.4, -0.2) is 6.85 Å². The third-order valence-electron chi connectivity index (χ3n) is 5.99. The van der Waals surface area contributed by atoms with Gasteiger partial charge in [0, 0.05) is 23.0 Å². The first-order valence-electron chi connectivity index (χ1n) is 10.4. The lowest BCUT2D eigenvalue weighted by Crippen LogP contribution is -2.48. The second-order valence-electron chi connectivity index (χ2n) is 7.80. The minimum absolute atomic E-state index is 0.101. The van der Waals surface area contributed by atoms with Crippen LogP contribution in [0.4, 0.5) is 5.69 Å². The topological polar surface area (TPSA) is 16.4 Å². The van der Waals surface area contributed by atoms with E-state index >= 15 is 0 Å². The van der Waals surface area contributed by atoms with Gasteiger partial charge in [-0.05, 0) is 28.7 Å². The van der Waals surface area contributed by atoms with Gasteiger partial charge in [-0.3, -0.25) is 0 Å². The van der Waals surface area contributed by atoms with Crippen LogP contribution < -0.4 is 10.3 Å². The molecule has 0 unspecified atom stereocenters. The van der Waals surface area contributed by atoms with Crippen molar-refractivity contribution >= 4 is 46.0 Å². The predicted molar refractivity (Wildman–Crippen MR) is 127 cm³/mol. The molecule has 0 aliphatic carbocycles. The Bertz CT molecular complexity index is 1390. The maximum atomic E-state index is 6.36. The third-order valence-corrected chi connectivity index (χ3v) is 5.99. The van der Waals surface area contributed by atoms with Gasteiger partial charge in [0.05, 0.1) is 0 Å². The Hall–Kier alpha value is -3.72. The SMILES string of the molecule is C1=Cc2ccccc2N(Cc2ccccc2)B1c1cccc2c1oc1ccccc12. The van der Waals surface area contributed by atoms with Gasteiger partial charge >= 0.3 is 6.85 Å². The summed E-state index contributed by atoms with van der Waals surface area (Å²) in [7, 11) is 0. The monoisotopic (exact) mass is 385 g/mol. The van der Waals surface area contributed by atoms with Gasteiger partial charge in [-0.2, -0.15) is 0 Å². The summed E-state index contributed by atoms with van der Waals surface area (Å²) in [5.41, 5.74) is 6.92. The summed E-state index contributed by atoms with van der Waals surface area (Å²) in [5.74, 6) is 2.30. The summed E-state index contributed by atoms with van der Waals surface area (Å²) < 4.78 is 6.36. The summed E-state index contributed by atoms with van der Waals surface area (Å²) >= 11 is 0. The molecule has 1 aromatic heterocycles. The van der Waals surface area contributed by atoms with Crippen molar-refractivity contribution in [2.24, 2.45) is 0 Å². The molecule has 5 aromatic rings. The zero-order chi connectivity index (χ0) is 19.9. The molecule has 0 saturated heterocycles. The Morgan fingerprint density at radius 3 is 2.40 bits per heavy atom. The maximum Gasteiger partial charge on any atom is 0.320 e. The van der Waals surface area contributed by atoms with E-state index in [1.807, 2.05) is 12.1 Å². The predicted octanol–water partition coefficient (Wildman–Crippen LogP) is 6.06. The van der Waals surface area contributed by atoms with Gasteiger partial charge in [0.1, 0.15) is 11.2 Å². The number of hydrogen-bond donors (Lipinski definition) is 0. The first kappa shape index (κ1) is 17.2. The molecule has 0 fully saturated rings. The van der Waals surface area contributed by atoms with Gasteiger partial charge in [0.15, 0.2) is 0 Å². The van der Waals surface area contributed by atoms with Gasteiger partial charge in [0.25, 0.3) is 0 Å². The number of para-hydroxylation sites is 3. The highest BCUT2D eigenvalue weighted by molar-refractivity contribution is 6.83. The van der Waals surface area contributed by atoms with Crippen molar-refractivity contribution < 1.29 is 4.42 Å². The molecule has 30 heavy (non-hydrogen) atoms. The quantitative estimate of drug-likeness (QED) is 0.351. The Labute approximate surface area is 176 Å². The lowest BCUT2D eigenvalue weighted by molar-refractivity contribution is 0.671. The largest absolute Gasteiger partial charge is 0.457 e. The van der Waals surface area contributed by atoms with E-state index in [9.17, 15) is 0 Å². The van der Waals surface area contributed by atoms with E-state index < -0.39 is 0 Å². The third kappa shape index (κ3) is 2.74. The lowest BCUT2D eigenvalue weighted by Gasteiger charge is -2.34. The molecule has 1 aliphatic heterocycles. The molecule has 6 rings (SSSR count). The lowest BCUT2D eigenvalue weighted by atomic mass is 9.52. The van der Waals surface area contributed by atoms with Crippen LogP contribution in [0.15, 0.2) is 107 Å². The highest BCUT2D eigenvalue weighted by Crippen LogP contribution is 2.32. The van der Waals surface area contributed by atoms with Gasteiger partial charge in [0.2, 0.25) is 0 Å². The maximum absolute atomic E-state index is 6.36. The Balaban J connectivity index is 1.54. The highest BCUT2D eigenvalue weighted by Gasteiger charge is 2.30. The normalized spacial score (nSPS) is 13.2. The van der Waals surface area contributed by atoms with Crippen molar-refractivity contribution in [2.45, 2.75) is 6.54 Å². The molecule has 142 valence electrons. The molecule has 0 atom stereocenters. The zero-order valence-corrected chi connectivity index (χ0v) is 16.5. The van der Waals surface area contributed by atoms with Crippen molar-refractivity contribution in [1.82, 2.24) is 0 Å². The minimum Gasteiger partial charge on any atom is -0.457 e. The molecular formula is C27H20BNO. The molecule has 2 nitrogen and oxygen atoms in total. The summed E-state index contributed by atoms with van der Waals surface area (Å²) in [6.07, 6.45) is 2.24. The Kier molecular flexibility index (Phi) is 3.98. The van der Waals surface area contributed by atoms with Crippen LogP contribution >= 0.6 is 0 Å².